The number of benzene rings is 1. The van der Waals surface area contributed by atoms with Crippen LogP contribution < -0.4 is 5.01 Å². The molecule has 0 aliphatic carbocycles. The number of aliphatic hydroxyl groups is 1. The van der Waals surface area contributed by atoms with Crippen molar-refractivity contribution in [1.29, 1.82) is 0 Å². The molecule has 1 atom stereocenters. The normalized spacial score (nSPS) is 25.4. The predicted molar refractivity (Wildman–Crippen MR) is 61.9 cm³/mol. The number of hydrogen-bond acceptors (Lipinski definition) is 3. The van der Waals surface area contributed by atoms with Crippen LogP contribution in [0.1, 0.15) is 12.5 Å². The van der Waals surface area contributed by atoms with E-state index < -0.39 is 5.60 Å². The standard InChI is InChI=1S/C12H16N2O2/c1-9-5-4-6-10(7-9)14-8-12(2,16)11(15)13(14)3/h4-7,16H,8H2,1-3H3. The van der Waals surface area contributed by atoms with E-state index in [1.165, 1.54) is 5.01 Å². The molecule has 4 nitrogen and oxygen atoms in total. The van der Waals surface area contributed by atoms with Gasteiger partial charge in [0.15, 0.2) is 5.60 Å². The maximum atomic E-state index is 11.7. The molecule has 4 heteroatoms. The van der Waals surface area contributed by atoms with E-state index in [2.05, 4.69) is 0 Å². The summed E-state index contributed by atoms with van der Waals surface area (Å²) in [6.07, 6.45) is 0. The van der Waals surface area contributed by atoms with E-state index in [9.17, 15) is 9.90 Å². The van der Waals surface area contributed by atoms with Crippen LogP contribution in [0.15, 0.2) is 24.3 Å². The van der Waals surface area contributed by atoms with Gasteiger partial charge in [-0.2, -0.15) is 0 Å². The van der Waals surface area contributed by atoms with Gasteiger partial charge in [-0.15, -0.1) is 0 Å². The SMILES string of the molecule is Cc1cccc(N2CC(C)(O)C(=O)N2C)c1. The minimum Gasteiger partial charge on any atom is -0.378 e. The number of β-amino-alcohol motifs (C(OH)–C–C–N with tert-alkyl or cyclic N) is 1. The minimum atomic E-state index is -1.29. The van der Waals surface area contributed by atoms with Crippen molar-refractivity contribution in [3.05, 3.63) is 29.8 Å². The quantitative estimate of drug-likeness (QED) is 0.766. The van der Waals surface area contributed by atoms with E-state index in [-0.39, 0.29) is 5.91 Å². The number of likely N-dealkylation sites (N-methyl/N-ethyl adjacent to an activating group) is 1. The van der Waals surface area contributed by atoms with Crippen LogP contribution in [0, 0.1) is 6.92 Å². The fourth-order valence-corrected chi connectivity index (χ4v) is 1.98. The van der Waals surface area contributed by atoms with Gasteiger partial charge in [0.2, 0.25) is 0 Å². The Morgan fingerprint density at radius 3 is 2.62 bits per heavy atom. The number of rotatable bonds is 1. The molecule has 1 fully saturated rings. The molecule has 0 aromatic heterocycles. The van der Waals surface area contributed by atoms with Gasteiger partial charge in [0.25, 0.3) is 5.91 Å². The van der Waals surface area contributed by atoms with Crippen molar-refractivity contribution >= 4 is 11.6 Å². The lowest BCUT2D eigenvalue weighted by Gasteiger charge is -2.25. The molecule has 86 valence electrons. The second kappa shape index (κ2) is 3.49. The van der Waals surface area contributed by atoms with Crippen LogP contribution in [0.25, 0.3) is 0 Å². The van der Waals surface area contributed by atoms with E-state index in [4.69, 9.17) is 0 Å². The Hall–Kier alpha value is -1.55. The van der Waals surface area contributed by atoms with E-state index >= 15 is 0 Å². The maximum Gasteiger partial charge on any atom is 0.274 e. The molecule has 0 spiro atoms. The molecule has 16 heavy (non-hydrogen) atoms. The first kappa shape index (κ1) is 11.0. The Labute approximate surface area is 95.1 Å². The maximum absolute atomic E-state index is 11.7. The summed E-state index contributed by atoms with van der Waals surface area (Å²) in [5.41, 5.74) is 0.761. The zero-order chi connectivity index (χ0) is 11.9. The molecule has 1 saturated heterocycles. The van der Waals surface area contributed by atoms with Crippen LogP contribution in [0.3, 0.4) is 0 Å². The summed E-state index contributed by atoms with van der Waals surface area (Å²) in [4.78, 5) is 11.7. The highest BCUT2D eigenvalue weighted by Gasteiger charge is 2.44. The van der Waals surface area contributed by atoms with Gasteiger partial charge >= 0.3 is 0 Å². The van der Waals surface area contributed by atoms with Gasteiger partial charge in [0.1, 0.15) is 0 Å². The number of carbonyl (C=O) groups excluding carboxylic acids is 1. The summed E-state index contributed by atoms with van der Waals surface area (Å²) in [5.74, 6) is -0.269. The van der Waals surface area contributed by atoms with Crippen molar-refractivity contribution in [2.45, 2.75) is 19.4 Å². The third-order valence-electron chi connectivity index (χ3n) is 2.87. The number of aryl methyl sites for hydroxylation is 1. The van der Waals surface area contributed by atoms with Gasteiger partial charge in [0.05, 0.1) is 12.2 Å². The number of carbonyl (C=O) groups is 1. The lowest BCUT2D eigenvalue weighted by atomic mass is 10.1. The van der Waals surface area contributed by atoms with Gasteiger partial charge < -0.3 is 5.11 Å². The summed E-state index contributed by atoms with van der Waals surface area (Å²) in [6, 6.07) is 7.86. The average Bonchev–Trinajstić information content (AvgIpc) is 2.42. The molecule has 1 aliphatic rings. The van der Waals surface area contributed by atoms with Crippen LogP contribution >= 0.6 is 0 Å². The number of anilines is 1. The minimum absolute atomic E-state index is 0.269. The smallest absolute Gasteiger partial charge is 0.274 e. The van der Waals surface area contributed by atoms with Gasteiger partial charge in [0, 0.05) is 7.05 Å². The zero-order valence-corrected chi connectivity index (χ0v) is 9.77. The third kappa shape index (κ3) is 1.65. The van der Waals surface area contributed by atoms with Crippen LogP contribution in [0.2, 0.25) is 0 Å². The predicted octanol–water partition coefficient (Wildman–Crippen LogP) is 0.939. The van der Waals surface area contributed by atoms with E-state index in [0.717, 1.165) is 11.3 Å². The largest absolute Gasteiger partial charge is 0.378 e. The molecule has 0 radical (unpaired) electrons. The van der Waals surface area contributed by atoms with Gasteiger partial charge in [-0.25, -0.2) is 0 Å². The van der Waals surface area contributed by atoms with Crippen LogP contribution in [-0.2, 0) is 4.79 Å². The highest BCUT2D eigenvalue weighted by Crippen LogP contribution is 2.27. The van der Waals surface area contributed by atoms with Crippen molar-refractivity contribution in [3.8, 4) is 0 Å². The molecule has 1 heterocycles. The molecule has 0 bridgehead atoms. The van der Waals surface area contributed by atoms with Crippen LogP contribution in [0.4, 0.5) is 5.69 Å². The van der Waals surface area contributed by atoms with Crippen molar-refractivity contribution in [2.75, 3.05) is 18.6 Å². The topological polar surface area (TPSA) is 43.8 Å². The summed E-state index contributed by atoms with van der Waals surface area (Å²) in [7, 11) is 1.67. The van der Waals surface area contributed by atoms with Crippen molar-refractivity contribution < 1.29 is 9.90 Å². The lowest BCUT2D eigenvalue weighted by molar-refractivity contribution is -0.140. The van der Waals surface area contributed by atoms with E-state index in [1.54, 1.807) is 19.0 Å². The summed E-state index contributed by atoms with van der Waals surface area (Å²) < 4.78 is 0. The lowest BCUT2D eigenvalue weighted by Crippen LogP contribution is -2.37. The Morgan fingerprint density at radius 1 is 1.44 bits per heavy atom. The number of nitrogens with zero attached hydrogens (tertiary/aromatic N) is 2. The fourth-order valence-electron chi connectivity index (χ4n) is 1.98. The molecule has 2 rings (SSSR count). The first-order valence-electron chi connectivity index (χ1n) is 5.26. The van der Waals surface area contributed by atoms with E-state index in [1.807, 2.05) is 31.2 Å². The molecule has 1 aliphatic heterocycles. The third-order valence-corrected chi connectivity index (χ3v) is 2.87. The Kier molecular flexibility index (Phi) is 2.39. The zero-order valence-electron chi connectivity index (χ0n) is 9.77. The Bertz CT molecular complexity index is 429. The number of amides is 1. The van der Waals surface area contributed by atoms with Crippen LogP contribution in [0.5, 0.6) is 0 Å². The van der Waals surface area contributed by atoms with Crippen LogP contribution in [-0.4, -0.2) is 35.2 Å². The summed E-state index contributed by atoms with van der Waals surface area (Å²) in [5, 5.41) is 13.2. The second-order valence-corrected chi connectivity index (χ2v) is 4.50. The van der Waals surface area contributed by atoms with Crippen molar-refractivity contribution in [2.24, 2.45) is 0 Å². The van der Waals surface area contributed by atoms with Crippen molar-refractivity contribution in [1.82, 2.24) is 5.01 Å². The monoisotopic (exact) mass is 220 g/mol. The first-order valence-corrected chi connectivity index (χ1v) is 5.26. The molecule has 1 unspecified atom stereocenters. The molecule has 1 amide bonds. The Balaban J connectivity index is 2.34. The Morgan fingerprint density at radius 2 is 2.12 bits per heavy atom. The van der Waals surface area contributed by atoms with Crippen molar-refractivity contribution in [3.63, 3.8) is 0 Å². The van der Waals surface area contributed by atoms with Gasteiger partial charge in [-0.05, 0) is 31.5 Å². The van der Waals surface area contributed by atoms with Gasteiger partial charge in [-0.3, -0.25) is 14.8 Å². The number of hydrazine groups is 1. The highest BCUT2D eigenvalue weighted by molar-refractivity contribution is 5.89. The summed E-state index contributed by atoms with van der Waals surface area (Å²) >= 11 is 0. The molecular weight excluding hydrogens is 204 g/mol. The van der Waals surface area contributed by atoms with Gasteiger partial charge in [-0.1, -0.05) is 12.1 Å². The second-order valence-electron chi connectivity index (χ2n) is 4.50. The summed E-state index contributed by atoms with van der Waals surface area (Å²) in [6.45, 7) is 3.84. The average molecular weight is 220 g/mol. The fraction of sp³-hybridized carbons (Fsp3) is 0.417. The van der Waals surface area contributed by atoms with E-state index in [0.29, 0.717) is 6.54 Å². The molecule has 1 aromatic rings. The first-order chi connectivity index (χ1) is 7.42. The molecule has 1 aromatic carbocycles. The molecular formula is C12H16N2O2. The number of hydrogen-bond donors (Lipinski definition) is 1. The molecule has 0 saturated carbocycles. The molecule has 1 N–H and O–H groups in total. The highest BCUT2D eigenvalue weighted by atomic mass is 16.3.